The van der Waals surface area contributed by atoms with Gasteiger partial charge < -0.3 is 0 Å². The van der Waals surface area contributed by atoms with E-state index >= 15 is 0 Å². The minimum Gasteiger partial charge on any atom is -0.298 e. The van der Waals surface area contributed by atoms with Crippen LogP contribution in [-0.2, 0) is 6.54 Å². The van der Waals surface area contributed by atoms with Crippen molar-refractivity contribution in [3.05, 3.63) is 20.8 Å². The standard InChI is InChI=1S/C13H20BrNS/c1-15(9-13-8-11(14)10-16-13)12-6-4-2-3-5-7-12/h8,10,12H,2-7,9H2,1H3. The molecule has 1 aliphatic rings. The Morgan fingerprint density at radius 1 is 1.31 bits per heavy atom. The second kappa shape index (κ2) is 6.18. The molecule has 16 heavy (non-hydrogen) atoms. The normalized spacial score (nSPS) is 18.9. The quantitative estimate of drug-likeness (QED) is 0.734. The van der Waals surface area contributed by atoms with Crippen molar-refractivity contribution >= 4 is 27.3 Å². The molecule has 1 fully saturated rings. The Labute approximate surface area is 111 Å². The van der Waals surface area contributed by atoms with Gasteiger partial charge in [0.1, 0.15) is 0 Å². The molecule has 0 atom stereocenters. The molecule has 3 heteroatoms. The van der Waals surface area contributed by atoms with Crippen molar-refractivity contribution in [2.24, 2.45) is 0 Å². The molecular weight excluding hydrogens is 282 g/mol. The average molecular weight is 302 g/mol. The van der Waals surface area contributed by atoms with Crippen LogP contribution in [0.3, 0.4) is 0 Å². The van der Waals surface area contributed by atoms with E-state index in [1.807, 2.05) is 11.3 Å². The van der Waals surface area contributed by atoms with Gasteiger partial charge in [0.05, 0.1) is 0 Å². The SMILES string of the molecule is CN(Cc1cc(Br)cs1)C1CCCCCC1. The maximum absolute atomic E-state index is 3.52. The number of rotatable bonds is 3. The molecule has 0 amide bonds. The van der Waals surface area contributed by atoms with Gasteiger partial charge in [-0.3, -0.25) is 4.90 Å². The summed E-state index contributed by atoms with van der Waals surface area (Å²) in [6.07, 6.45) is 8.50. The van der Waals surface area contributed by atoms with Crippen LogP contribution in [0.4, 0.5) is 0 Å². The Hall–Kier alpha value is 0.140. The van der Waals surface area contributed by atoms with Crippen molar-refractivity contribution in [2.75, 3.05) is 7.05 Å². The first-order valence-electron chi connectivity index (χ1n) is 6.19. The zero-order chi connectivity index (χ0) is 11.4. The summed E-state index contributed by atoms with van der Waals surface area (Å²) in [7, 11) is 2.28. The third kappa shape index (κ3) is 3.57. The highest BCUT2D eigenvalue weighted by atomic mass is 79.9. The van der Waals surface area contributed by atoms with E-state index in [0.717, 1.165) is 12.6 Å². The molecule has 0 radical (unpaired) electrons. The molecule has 0 unspecified atom stereocenters. The fraction of sp³-hybridized carbons (Fsp3) is 0.692. The second-order valence-corrected chi connectivity index (χ2v) is 6.70. The average Bonchev–Trinajstić information content (AvgIpc) is 2.56. The van der Waals surface area contributed by atoms with Gasteiger partial charge in [-0.1, -0.05) is 25.7 Å². The predicted molar refractivity (Wildman–Crippen MR) is 75.0 cm³/mol. The molecule has 1 heterocycles. The van der Waals surface area contributed by atoms with Crippen LogP contribution in [0, 0.1) is 0 Å². The fourth-order valence-electron chi connectivity index (χ4n) is 2.51. The van der Waals surface area contributed by atoms with Crippen LogP contribution in [0.2, 0.25) is 0 Å². The molecule has 0 aliphatic heterocycles. The van der Waals surface area contributed by atoms with E-state index in [1.165, 1.54) is 47.9 Å². The highest BCUT2D eigenvalue weighted by Gasteiger charge is 2.17. The van der Waals surface area contributed by atoms with Gasteiger partial charge in [-0.15, -0.1) is 11.3 Å². The monoisotopic (exact) mass is 301 g/mol. The van der Waals surface area contributed by atoms with Crippen molar-refractivity contribution in [3.8, 4) is 0 Å². The van der Waals surface area contributed by atoms with Crippen LogP contribution in [0.1, 0.15) is 43.4 Å². The molecule has 0 spiro atoms. The van der Waals surface area contributed by atoms with E-state index in [-0.39, 0.29) is 0 Å². The van der Waals surface area contributed by atoms with E-state index in [9.17, 15) is 0 Å². The van der Waals surface area contributed by atoms with E-state index in [0.29, 0.717) is 0 Å². The van der Waals surface area contributed by atoms with E-state index in [2.05, 4.69) is 39.3 Å². The lowest BCUT2D eigenvalue weighted by Crippen LogP contribution is -2.30. The predicted octanol–water partition coefficient (Wildman–Crippen LogP) is 4.67. The van der Waals surface area contributed by atoms with E-state index in [1.54, 1.807) is 0 Å². The fourth-order valence-corrected chi connectivity index (χ4v) is 4.02. The molecular formula is C13H20BrNS. The zero-order valence-electron chi connectivity index (χ0n) is 9.92. The molecule has 0 saturated heterocycles. The summed E-state index contributed by atoms with van der Waals surface area (Å²) in [5.74, 6) is 0. The summed E-state index contributed by atoms with van der Waals surface area (Å²) < 4.78 is 1.22. The smallest absolute Gasteiger partial charge is 0.0328 e. The summed E-state index contributed by atoms with van der Waals surface area (Å²) in [5.41, 5.74) is 0. The van der Waals surface area contributed by atoms with E-state index < -0.39 is 0 Å². The van der Waals surface area contributed by atoms with Gasteiger partial charge in [0.15, 0.2) is 0 Å². The zero-order valence-corrected chi connectivity index (χ0v) is 12.3. The summed E-state index contributed by atoms with van der Waals surface area (Å²) >= 11 is 5.38. The van der Waals surface area contributed by atoms with Gasteiger partial charge >= 0.3 is 0 Å². The van der Waals surface area contributed by atoms with Gasteiger partial charge in [0.25, 0.3) is 0 Å². The Bertz CT molecular complexity index is 315. The molecule has 1 saturated carbocycles. The molecule has 1 aromatic rings. The number of nitrogens with zero attached hydrogens (tertiary/aromatic N) is 1. The van der Waals surface area contributed by atoms with Crippen molar-refractivity contribution in [2.45, 2.75) is 51.1 Å². The summed E-state index contributed by atoms with van der Waals surface area (Å²) in [6.45, 7) is 1.11. The summed E-state index contributed by atoms with van der Waals surface area (Å²) in [4.78, 5) is 4.02. The topological polar surface area (TPSA) is 3.24 Å². The number of thiophene rings is 1. The molecule has 0 bridgehead atoms. The largest absolute Gasteiger partial charge is 0.298 e. The maximum atomic E-state index is 3.52. The van der Waals surface area contributed by atoms with Gasteiger partial charge in [-0.2, -0.15) is 0 Å². The van der Waals surface area contributed by atoms with Crippen LogP contribution < -0.4 is 0 Å². The molecule has 0 aromatic carbocycles. The molecule has 1 aromatic heterocycles. The maximum Gasteiger partial charge on any atom is 0.0328 e. The van der Waals surface area contributed by atoms with Crippen LogP contribution in [0.5, 0.6) is 0 Å². The number of hydrogen-bond acceptors (Lipinski definition) is 2. The van der Waals surface area contributed by atoms with Crippen LogP contribution >= 0.6 is 27.3 Å². The Morgan fingerprint density at radius 2 is 2.00 bits per heavy atom. The minimum atomic E-state index is 0.809. The number of halogens is 1. The van der Waals surface area contributed by atoms with Crippen LogP contribution in [0.15, 0.2) is 15.9 Å². The van der Waals surface area contributed by atoms with Crippen LogP contribution in [0.25, 0.3) is 0 Å². The Balaban J connectivity index is 1.88. The first kappa shape index (κ1) is 12.6. The summed E-state index contributed by atoms with van der Waals surface area (Å²) in [6, 6.07) is 3.06. The lowest BCUT2D eigenvalue weighted by molar-refractivity contribution is 0.215. The van der Waals surface area contributed by atoms with Crippen LogP contribution in [-0.4, -0.2) is 18.0 Å². The highest BCUT2D eigenvalue weighted by molar-refractivity contribution is 9.10. The third-order valence-corrected chi connectivity index (χ3v) is 5.16. The van der Waals surface area contributed by atoms with Crippen molar-refractivity contribution in [3.63, 3.8) is 0 Å². The van der Waals surface area contributed by atoms with Gasteiger partial charge in [0.2, 0.25) is 0 Å². The molecule has 90 valence electrons. The molecule has 1 aliphatic carbocycles. The van der Waals surface area contributed by atoms with Crippen molar-refractivity contribution in [1.29, 1.82) is 0 Å². The Morgan fingerprint density at radius 3 is 2.56 bits per heavy atom. The second-order valence-electron chi connectivity index (χ2n) is 4.79. The molecule has 1 nitrogen and oxygen atoms in total. The third-order valence-electron chi connectivity index (χ3n) is 3.48. The van der Waals surface area contributed by atoms with Gasteiger partial charge in [-0.25, -0.2) is 0 Å². The lowest BCUT2D eigenvalue weighted by Gasteiger charge is -2.26. The molecule has 2 rings (SSSR count). The van der Waals surface area contributed by atoms with Crippen molar-refractivity contribution < 1.29 is 0 Å². The van der Waals surface area contributed by atoms with Gasteiger partial charge in [0, 0.05) is 27.3 Å². The number of hydrogen-bond donors (Lipinski definition) is 0. The Kier molecular flexibility index (Phi) is 4.86. The molecule has 0 N–H and O–H groups in total. The highest BCUT2D eigenvalue weighted by Crippen LogP contribution is 2.25. The van der Waals surface area contributed by atoms with E-state index in [4.69, 9.17) is 0 Å². The van der Waals surface area contributed by atoms with Crippen molar-refractivity contribution in [1.82, 2.24) is 4.90 Å². The first-order chi connectivity index (χ1) is 7.75. The summed E-state index contributed by atoms with van der Waals surface area (Å²) in [5, 5.41) is 2.18. The first-order valence-corrected chi connectivity index (χ1v) is 7.86. The van der Waals surface area contributed by atoms with Gasteiger partial charge in [-0.05, 0) is 41.9 Å². The lowest BCUT2D eigenvalue weighted by atomic mass is 10.1. The minimum absolute atomic E-state index is 0.809.